The van der Waals surface area contributed by atoms with Gasteiger partial charge >= 0.3 is 0 Å². The van der Waals surface area contributed by atoms with Gasteiger partial charge in [-0.15, -0.1) is 17.5 Å². The van der Waals surface area contributed by atoms with Gasteiger partial charge in [-0.25, -0.2) is 0 Å². The minimum absolute atomic E-state index is 0. The Bertz CT molecular complexity index is 1870. The Labute approximate surface area is 281 Å². The minimum Gasteiger partial charge on any atom is -0.512 e. The molecule has 1 aliphatic rings. The summed E-state index contributed by atoms with van der Waals surface area (Å²) in [6, 6.07) is 24.8. The van der Waals surface area contributed by atoms with Crippen LogP contribution in [0.5, 0.6) is 11.5 Å². The molecule has 5 heteroatoms. The van der Waals surface area contributed by atoms with Gasteiger partial charge in [0.25, 0.3) is 0 Å². The van der Waals surface area contributed by atoms with E-state index in [1.165, 1.54) is 27.8 Å². The third-order valence-corrected chi connectivity index (χ3v) is 9.14. The first-order chi connectivity index (χ1) is 21.2. The number of fused-ring (bicyclic) bond motifs is 5. The van der Waals surface area contributed by atoms with Gasteiger partial charge in [0.15, 0.2) is 5.78 Å². The first-order valence-corrected chi connectivity index (χ1v) is 16.2. The SMILES string of the molecule is CCC(CC)C(=O)/C=C(\O)C(CC)CC.Cc1c2c([c-]c3ccccc13)-c1nc3ccccc3c3cc(C(C)C)cc(c13)O2.[Ir]. The second kappa shape index (κ2) is 14.7. The zero-order valence-corrected chi connectivity index (χ0v) is 29.9. The summed E-state index contributed by atoms with van der Waals surface area (Å²) in [4.78, 5) is 16.8. The van der Waals surface area contributed by atoms with Crippen molar-refractivity contribution in [2.24, 2.45) is 11.8 Å². The Kier molecular flexibility index (Phi) is 11.2. The number of ether oxygens (including phenoxy) is 1. The number of ketones is 1. The number of aliphatic hydroxyl groups excluding tert-OH is 1. The number of aromatic nitrogens is 1. The minimum atomic E-state index is 0. The molecule has 6 rings (SSSR count). The number of benzene rings is 4. The summed E-state index contributed by atoms with van der Waals surface area (Å²) in [7, 11) is 0. The van der Waals surface area contributed by atoms with Gasteiger partial charge in [-0.3, -0.25) is 9.78 Å². The number of carbonyl (C=O) groups is 1. The fourth-order valence-corrected chi connectivity index (χ4v) is 6.27. The third-order valence-electron chi connectivity index (χ3n) is 9.14. The van der Waals surface area contributed by atoms with Crippen LogP contribution >= 0.6 is 0 Å². The average molecular weight is 779 g/mol. The quantitative estimate of drug-likeness (QED) is 0.0723. The number of aliphatic hydroxyl groups is 1. The molecule has 0 saturated heterocycles. The number of hydrogen-bond acceptors (Lipinski definition) is 4. The van der Waals surface area contributed by atoms with E-state index in [0.717, 1.165) is 70.3 Å². The molecule has 4 nitrogen and oxygen atoms in total. The Morgan fingerprint density at radius 3 is 2.16 bits per heavy atom. The number of pyridine rings is 1. The molecule has 1 N–H and O–H groups in total. The maximum Gasteiger partial charge on any atom is 0.162 e. The molecule has 2 heterocycles. The molecule has 1 radical (unpaired) electrons. The Morgan fingerprint density at radius 2 is 1.51 bits per heavy atom. The molecule has 4 aromatic carbocycles. The topological polar surface area (TPSA) is 59.4 Å². The van der Waals surface area contributed by atoms with E-state index in [1.54, 1.807) is 0 Å². The summed E-state index contributed by atoms with van der Waals surface area (Å²) in [5.74, 6) is 2.74. The van der Waals surface area contributed by atoms with Gasteiger partial charge in [-0.2, -0.15) is 0 Å². The zero-order valence-electron chi connectivity index (χ0n) is 27.5. The fourth-order valence-electron chi connectivity index (χ4n) is 6.27. The largest absolute Gasteiger partial charge is 0.512 e. The van der Waals surface area contributed by atoms with Crippen LogP contribution < -0.4 is 4.74 Å². The van der Waals surface area contributed by atoms with Gasteiger partial charge in [0, 0.05) is 54.5 Å². The predicted octanol–water partition coefficient (Wildman–Crippen LogP) is 11.4. The van der Waals surface area contributed by atoms with E-state index in [4.69, 9.17) is 9.72 Å². The van der Waals surface area contributed by atoms with Gasteiger partial charge in [0.05, 0.1) is 17.0 Å². The van der Waals surface area contributed by atoms with Crippen LogP contribution in [-0.2, 0) is 24.9 Å². The van der Waals surface area contributed by atoms with Gasteiger partial charge in [-0.05, 0) is 61.6 Å². The molecule has 0 unspecified atom stereocenters. The van der Waals surface area contributed by atoms with Crippen LogP contribution in [0.4, 0.5) is 0 Å². The second-order valence-electron chi connectivity index (χ2n) is 12.2. The standard InChI is InChI=1S/C27H20NO.C13H24O2.Ir/c1-15(2)18-13-21-20-10-6-7-11-23(20)28-26-22-12-17-8-4-5-9-19(17)16(3)27(22)29-24(14-18)25(21)26;1-5-10(6-2)12(14)9-13(15)11(7-3)8-4;/h4-11,13-15H,1-3H3;9-11,14H,5-8H2,1-4H3;/q-1;;/b;12-9-;. The van der Waals surface area contributed by atoms with E-state index in [9.17, 15) is 9.90 Å². The molecule has 237 valence electrons. The van der Waals surface area contributed by atoms with Crippen molar-refractivity contribution in [2.45, 2.75) is 80.1 Å². The first kappa shape index (κ1) is 34.3. The van der Waals surface area contributed by atoms with E-state index in [-0.39, 0.29) is 43.5 Å². The molecule has 0 amide bonds. The smallest absolute Gasteiger partial charge is 0.162 e. The summed E-state index contributed by atoms with van der Waals surface area (Å²) in [6.07, 6.45) is 4.91. The molecular weight excluding hydrogens is 735 g/mol. The third kappa shape index (κ3) is 6.71. The van der Waals surface area contributed by atoms with Crippen LogP contribution in [0.3, 0.4) is 0 Å². The Balaban J connectivity index is 0.000000249. The molecule has 0 spiro atoms. The van der Waals surface area contributed by atoms with Crippen LogP contribution in [0.2, 0.25) is 0 Å². The average Bonchev–Trinajstić information content (AvgIpc) is 3.03. The van der Waals surface area contributed by atoms with Crippen LogP contribution in [0.15, 0.2) is 72.5 Å². The number of nitrogens with zero attached hydrogens (tertiary/aromatic N) is 1. The van der Waals surface area contributed by atoms with Crippen molar-refractivity contribution < 1.29 is 34.7 Å². The number of para-hydroxylation sites is 1. The van der Waals surface area contributed by atoms with Crippen molar-refractivity contribution in [1.29, 1.82) is 0 Å². The maximum atomic E-state index is 11.7. The van der Waals surface area contributed by atoms with Crippen molar-refractivity contribution in [2.75, 3.05) is 0 Å². The van der Waals surface area contributed by atoms with Crippen molar-refractivity contribution in [1.82, 2.24) is 4.98 Å². The Hall–Kier alpha value is -3.53. The molecular formula is C40H44IrNO3-. The van der Waals surface area contributed by atoms with E-state index < -0.39 is 0 Å². The van der Waals surface area contributed by atoms with E-state index in [2.05, 4.69) is 87.5 Å². The molecule has 0 bridgehead atoms. The second-order valence-corrected chi connectivity index (χ2v) is 12.2. The van der Waals surface area contributed by atoms with Crippen LogP contribution in [0.1, 0.15) is 84.3 Å². The van der Waals surface area contributed by atoms with Crippen LogP contribution in [-0.4, -0.2) is 15.9 Å². The van der Waals surface area contributed by atoms with Gasteiger partial charge in [-0.1, -0.05) is 101 Å². The summed E-state index contributed by atoms with van der Waals surface area (Å²) < 4.78 is 6.56. The molecule has 0 fully saturated rings. The molecule has 5 aromatic rings. The van der Waals surface area contributed by atoms with Crippen LogP contribution in [0.25, 0.3) is 43.7 Å². The summed E-state index contributed by atoms with van der Waals surface area (Å²) in [5, 5.41) is 15.5. The summed E-state index contributed by atoms with van der Waals surface area (Å²) in [6.45, 7) is 14.6. The monoisotopic (exact) mass is 779 g/mol. The van der Waals surface area contributed by atoms with Crippen molar-refractivity contribution in [3.8, 4) is 22.8 Å². The van der Waals surface area contributed by atoms with E-state index in [0.29, 0.717) is 5.92 Å². The van der Waals surface area contributed by atoms with Crippen LogP contribution in [0, 0.1) is 24.8 Å². The number of carbonyl (C=O) groups excluding carboxylic acids is 1. The number of aryl methyl sites for hydroxylation is 1. The maximum absolute atomic E-state index is 11.7. The van der Waals surface area contributed by atoms with Gasteiger partial charge < -0.3 is 9.84 Å². The predicted molar refractivity (Wildman–Crippen MR) is 184 cm³/mol. The van der Waals surface area contributed by atoms with Gasteiger partial charge in [0.1, 0.15) is 5.75 Å². The number of allylic oxidation sites excluding steroid dienone is 2. The van der Waals surface area contributed by atoms with E-state index in [1.807, 2.05) is 27.7 Å². The van der Waals surface area contributed by atoms with Gasteiger partial charge in [0.2, 0.25) is 0 Å². The molecule has 0 atom stereocenters. The summed E-state index contributed by atoms with van der Waals surface area (Å²) >= 11 is 0. The molecule has 0 aliphatic carbocycles. The molecule has 1 aromatic heterocycles. The summed E-state index contributed by atoms with van der Waals surface area (Å²) in [5.41, 5.74) is 5.36. The number of hydrogen-bond donors (Lipinski definition) is 1. The van der Waals surface area contributed by atoms with Crippen molar-refractivity contribution >= 4 is 38.2 Å². The molecule has 1 aliphatic heterocycles. The zero-order chi connectivity index (χ0) is 31.5. The van der Waals surface area contributed by atoms with Crippen molar-refractivity contribution in [3.63, 3.8) is 0 Å². The molecule has 0 saturated carbocycles. The van der Waals surface area contributed by atoms with Crippen molar-refractivity contribution in [3.05, 3.63) is 89.7 Å². The molecule has 45 heavy (non-hydrogen) atoms. The number of rotatable bonds is 8. The normalized spacial score (nSPS) is 12.3. The first-order valence-electron chi connectivity index (χ1n) is 16.2. The van der Waals surface area contributed by atoms with E-state index >= 15 is 0 Å². The Morgan fingerprint density at radius 1 is 0.889 bits per heavy atom. The fraction of sp³-hybridized carbons (Fsp3) is 0.350.